The van der Waals surface area contributed by atoms with Crippen molar-refractivity contribution < 1.29 is 13.6 Å². The quantitative estimate of drug-likeness (QED) is 0.362. The normalized spacial score (nSPS) is 15.9. The van der Waals surface area contributed by atoms with Crippen molar-refractivity contribution in [2.45, 2.75) is 39.2 Å². The van der Waals surface area contributed by atoms with Gasteiger partial charge in [-0.2, -0.15) is 5.10 Å². The van der Waals surface area contributed by atoms with Crippen LogP contribution < -0.4 is 11.3 Å². The maximum absolute atomic E-state index is 13.4. The van der Waals surface area contributed by atoms with Crippen molar-refractivity contribution in [3.05, 3.63) is 47.5 Å². The minimum atomic E-state index is -0.679. The molecule has 1 aromatic carbocycles. The topological polar surface area (TPSA) is 70.7 Å². The Morgan fingerprint density at radius 3 is 2.58 bits per heavy atom. The molecule has 2 rings (SSSR count). The fourth-order valence-corrected chi connectivity index (χ4v) is 2.33. The smallest absolute Gasteiger partial charge is 0.269 e. The van der Waals surface area contributed by atoms with E-state index >= 15 is 0 Å². The van der Waals surface area contributed by atoms with Crippen LogP contribution in [0.4, 0.5) is 8.78 Å². The number of hydrazine groups is 1. The van der Waals surface area contributed by atoms with Crippen LogP contribution in [-0.4, -0.2) is 23.7 Å². The molecule has 3 N–H and O–H groups in total. The van der Waals surface area contributed by atoms with Gasteiger partial charge in [0, 0.05) is 30.8 Å². The average Bonchev–Trinajstić information content (AvgIpc) is 3.05. The number of benzene rings is 1. The lowest BCUT2D eigenvalue weighted by atomic mass is 10.0. The Hall–Kier alpha value is -2.12. The van der Waals surface area contributed by atoms with E-state index in [1.807, 2.05) is 13.8 Å². The molecule has 132 valence electrons. The summed E-state index contributed by atoms with van der Waals surface area (Å²) in [6.07, 6.45) is 3.10. The third kappa shape index (κ3) is 5.21. The molecule has 0 spiro atoms. The molecule has 1 aliphatic heterocycles. The number of hydrogen-bond donors (Lipinski definition) is 2. The molecule has 0 aromatic heterocycles. The number of halogens is 2. The van der Waals surface area contributed by atoms with Gasteiger partial charge in [0.2, 0.25) is 0 Å². The molecule has 5 nitrogen and oxygen atoms in total. The number of rotatable bonds is 6. The minimum absolute atomic E-state index is 0.347. The van der Waals surface area contributed by atoms with Gasteiger partial charge in [-0.15, -0.1) is 0 Å². The molecule has 1 unspecified atom stereocenters. The number of hydrazone groups is 1. The number of carbonyl (C=O) groups excluding carboxylic acids is 1. The third-order valence-electron chi connectivity index (χ3n) is 3.41. The number of amides is 1. The Morgan fingerprint density at radius 1 is 1.38 bits per heavy atom. The highest BCUT2D eigenvalue weighted by Crippen LogP contribution is 2.30. The second-order valence-corrected chi connectivity index (χ2v) is 5.06. The van der Waals surface area contributed by atoms with Gasteiger partial charge in [-0.1, -0.05) is 20.4 Å². The van der Waals surface area contributed by atoms with Gasteiger partial charge in [-0.25, -0.2) is 13.8 Å². The number of hydrogen-bond acceptors (Lipinski definition) is 4. The SMILES string of the molecule is C=C(CCCNN)C(=O)N1N=CCC1c1cc(F)cc(F)c1.CC. The molecular weight excluding hydrogens is 314 g/mol. The second-order valence-electron chi connectivity index (χ2n) is 5.06. The molecule has 24 heavy (non-hydrogen) atoms. The van der Waals surface area contributed by atoms with E-state index in [-0.39, 0.29) is 5.91 Å². The summed E-state index contributed by atoms with van der Waals surface area (Å²) in [5.74, 6) is 3.47. The molecule has 1 aliphatic rings. The van der Waals surface area contributed by atoms with E-state index in [1.54, 1.807) is 6.21 Å². The van der Waals surface area contributed by atoms with Crippen LogP contribution in [0.25, 0.3) is 0 Å². The van der Waals surface area contributed by atoms with Crippen molar-refractivity contribution in [3.8, 4) is 0 Å². The van der Waals surface area contributed by atoms with E-state index in [9.17, 15) is 13.6 Å². The van der Waals surface area contributed by atoms with E-state index in [2.05, 4.69) is 17.1 Å². The fourth-order valence-electron chi connectivity index (χ4n) is 2.33. The first-order valence-corrected chi connectivity index (χ1v) is 7.96. The van der Waals surface area contributed by atoms with Crippen LogP contribution in [0.3, 0.4) is 0 Å². The third-order valence-corrected chi connectivity index (χ3v) is 3.41. The summed E-state index contributed by atoms with van der Waals surface area (Å²) in [4.78, 5) is 12.4. The molecule has 1 heterocycles. The zero-order chi connectivity index (χ0) is 18.1. The summed E-state index contributed by atoms with van der Waals surface area (Å²) in [6.45, 7) is 8.32. The molecule has 0 bridgehead atoms. The number of nitrogens with zero attached hydrogens (tertiary/aromatic N) is 2. The van der Waals surface area contributed by atoms with E-state index in [1.165, 1.54) is 17.1 Å². The molecule has 0 saturated heterocycles. The molecule has 1 atom stereocenters. The largest absolute Gasteiger partial charge is 0.271 e. The zero-order valence-electron chi connectivity index (χ0n) is 14.1. The van der Waals surface area contributed by atoms with Crippen molar-refractivity contribution >= 4 is 12.1 Å². The van der Waals surface area contributed by atoms with Gasteiger partial charge in [0.05, 0.1) is 6.04 Å². The highest BCUT2D eigenvalue weighted by atomic mass is 19.1. The Balaban J connectivity index is 0.00000139. The Morgan fingerprint density at radius 2 is 2.00 bits per heavy atom. The van der Waals surface area contributed by atoms with Gasteiger partial charge in [-0.05, 0) is 30.5 Å². The van der Waals surface area contributed by atoms with Gasteiger partial charge in [0.1, 0.15) is 11.6 Å². The highest BCUT2D eigenvalue weighted by Gasteiger charge is 2.29. The molecule has 0 aliphatic carbocycles. The maximum atomic E-state index is 13.4. The van der Waals surface area contributed by atoms with Crippen LogP contribution in [-0.2, 0) is 4.79 Å². The van der Waals surface area contributed by atoms with Crippen molar-refractivity contribution in [2.24, 2.45) is 10.9 Å². The first-order valence-electron chi connectivity index (χ1n) is 7.96. The molecule has 7 heteroatoms. The van der Waals surface area contributed by atoms with Gasteiger partial charge < -0.3 is 0 Å². The maximum Gasteiger partial charge on any atom is 0.269 e. The van der Waals surface area contributed by atoms with Crippen LogP contribution in [0.1, 0.15) is 44.7 Å². The van der Waals surface area contributed by atoms with Crippen LogP contribution in [0.15, 0.2) is 35.5 Å². The Kier molecular flexibility index (Phi) is 8.21. The first-order chi connectivity index (χ1) is 11.5. The summed E-state index contributed by atoms with van der Waals surface area (Å²) < 4.78 is 26.7. The van der Waals surface area contributed by atoms with Gasteiger partial charge in [0.25, 0.3) is 5.91 Å². The fraction of sp³-hybridized carbons (Fsp3) is 0.412. The van der Waals surface area contributed by atoms with Crippen LogP contribution in [0.5, 0.6) is 0 Å². The minimum Gasteiger partial charge on any atom is -0.271 e. The first kappa shape index (κ1) is 19.9. The van der Waals surface area contributed by atoms with E-state index in [0.29, 0.717) is 36.9 Å². The van der Waals surface area contributed by atoms with Crippen LogP contribution in [0.2, 0.25) is 0 Å². The zero-order valence-corrected chi connectivity index (χ0v) is 14.1. The Labute approximate surface area is 141 Å². The predicted octanol–water partition coefficient (Wildman–Crippen LogP) is 3.05. The number of nitrogens with one attached hydrogen (secondary N) is 1. The highest BCUT2D eigenvalue weighted by molar-refractivity contribution is 5.94. The molecular formula is C17H24F2N4O. The van der Waals surface area contributed by atoms with Crippen molar-refractivity contribution in [1.29, 1.82) is 0 Å². The number of carbonyl (C=O) groups is 1. The van der Waals surface area contributed by atoms with Crippen LogP contribution in [0, 0.1) is 11.6 Å². The Bertz CT molecular complexity index is 584. The summed E-state index contributed by atoms with van der Waals surface area (Å²) in [6, 6.07) is 2.71. The molecule has 0 fully saturated rings. The molecule has 1 aromatic rings. The van der Waals surface area contributed by atoms with Gasteiger partial charge >= 0.3 is 0 Å². The van der Waals surface area contributed by atoms with Crippen molar-refractivity contribution in [2.75, 3.05) is 6.54 Å². The molecule has 1 amide bonds. The lowest BCUT2D eigenvalue weighted by Crippen LogP contribution is -2.29. The standard InChI is InChI=1S/C15H18F2N4O.C2H6/c1-10(3-2-5-19-18)15(22)21-14(4-6-20-21)11-7-12(16)9-13(17)8-11;1-2/h6-9,14,19H,1-5,18H2;1-2H3. The summed E-state index contributed by atoms with van der Waals surface area (Å²) in [5, 5.41) is 5.24. The average molecular weight is 338 g/mol. The van der Waals surface area contributed by atoms with E-state index in [4.69, 9.17) is 5.84 Å². The van der Waals surface area contributed by atoms with Crippen molar-refractivity contribution in [1.82, 2.24) is 10.4 Å². The summed E-state index contributed by atoms with van der Waals surface area (Å²) >= 11 is 0. The monoisotopic (exact) mass is 338 g/mol. The molecule has 0 saturated carbocycles. The van der Waals surface area contributed by atoms with E-state index in [0.717, 1.165) is 6.07 Å². The summed E-state index contributed by atoms with van der Waals surface area (Å²) in [7, 11) is 0. The predicted molar refractivity (Wildman–Crippen MR) is 91.0 cm³/mol. The van der Waals surface area contributed by atoms with Gasteiger partial charge in [0.15, 0.2) is 0 Å². The number of nitrogens with two attached hydrogens (primary N) is 1. The summed E-state index contributed by atoms with van der Waals surface area (Å²) in [5.41, 5.74) is 3.26. The second kappa shape index (κ2) is 9.89. The van der Waals surface area contributed by atoms with Gasteiger partial charge in [-0.3, -0.25) is 16.1 Å². The lowest BCUT2D eigenvalue weighted by Gasteiger charge is -2.23. The van der Waals surface area contributed by atoms with Crippen LogP contribution >= 0.6 is 0 Å². The van der Waals surface area contributed by atoms with E-state index < -0.39 is 17.7 Å². The molecule has 0 radical (unpaired) electrons. The van der Waals surface area contributed by atoms with Crippen molar-refractivity contribution in [3.63, 3.8) is 0 Å². The lowest BCUT2D eigenvalue weighted by molar-refractivity contribution is -0.129.